The number of carboxylic acid groups (broad SMARTS) is 1. The number of carboxylic acids is 1. The predicted molar refractivity (Wildman–Crippen MR) is 44.6 cm³/mol. The molecule has 0 N–H and O–H groups in total. The fourth-order valence-electron chi connectivity index (χ4n) is 1.61. The Hall–Kier alpha value is -1.06. The van der Waals surface area contributed by atoms with Gasteiger partial charge in [-0.3, -0.25) is 4.79 Å². The number of carbonyl (C=O) groups is 2. The second-order valence-corrected chi connectivity index (χ2v) is 3.66. The topological polar surface area (TPSA) is 60.4 Å². The Balaban J connectivity index is 2.68. The summed E-state index contributed by atoms with van der Waals surface area (Å²) in [6, 6.07) is -0.699. The number of rotatable bonds is 2. The number of hydrogen-bond acceptors (Lipinski definition) is 3. The first-order valence-electron chi connectivity index (χ1n) is 4.55. The Labute approximate surface area is 77.5 Å². The first-order chi connectivity index (χ1) is 6.04. The minimum absolute atomic E-state index is 0.0910. The van der Waals surface area contributed by atoms with Crippen molar-refractivity contribution in [1.82, 2.24) is 4.90 Å². The average molecular weight is 184 g/mol. The summed E-state index contributed by atoms with van der Waals surface area (Å²) in [5.74, 6) is -1.36. The first kappa shape index (κ1) is 10.0. The summed E-state index contributed by atoms with van der Waals surface area (Å²) in [6.45, 7) is 4.09. The van der Waals surface area contributed by atoms with E-state index in [1.54, 1.807) is 13.8 Å². The van der Waals surface area contributed by atoms with Crippen LogP contribution in [-0.2, 0) is 9.59 Å². The smallest absolute Gasteiger partial charge is 0.225 e. The van der Waals surface area contributed by atoms with Crippen molar-refractivity contribution in [1.29, 1.82) is 0 Å². The second kappa shape index (κ2) is 3.77. The summed E-state index contributed by atoms with van der Waals surface area (Å²) in [6.07, 6.45) is 1.29. The van der Waals surface area contributed by atoms with Crippen LogP contribution >= 0.6 is 0 Å². The number of hydrogen-bond donors (Lipinski definition) is 0. The molecule has 0 aliphatic carbocycles. The second-order valence-electron chi connectivity index (χ2n) is 3.66. The van der Waals surface area contributed by atoms with Gasteiger partial charge in [-0.15, -0.1) is 0 Å². The lowest BCUT2D eigenvalue weighted by Gasteiger charge is -2.26. The van der Waals surface area contributed by atoms with Gasteiger partial charge < -0.3 is 14.8 Å². The molecule has 0 aromatic rings. The SMILES string of the molecule is CC(C)C(=O)N1CCCC1C(=O)[O-]. The summed E-state index contributed by atoms with van der Waals surface area (Å²) in [5, 5.41) is 10.6. The van der Waals surface area contributed by atoms with Gasteiger partial charge in [-0.05, 0) is 12.8 Å². The van der Waals surface area contributed by atoms with Crippen molar-refractivity contribution in [3.63, 3.8) is 0 Å². The van der Waals surface area contributed by atoms with Crippen LogP contribution in [0, 0.1) is 5.92 Å². The lowest BCUT2D eigenvalue weighted by atomic mass is 10.1. The fraction of sp³-hybridized carbons (Fsp3) is 0.778. The molecule has 0 radical (unpaired) electrons. The molecule has 1 atom stereocenters. The number of amides is 1. The maximum atomic E-state index is 11.5. The van der Waals surface area contributed by atoms with Crippen molar-refractivity contribution in [2.75, 3.05) is 6.54 Å². The van der Waals surface area contributed by atoms with Gasteiger partial charge in [0, 0.05) is 12.5 Å². The molecule has 4 heteroatoms. The van der Waals surface area contributed by atoms with Crippen LogP contribution < -0.4 is 5.11 Å². The summed E-state index contributed by atoms with van der Waals surface area (Å²) in [4.78, 5) is 23.5. The molecule has 4 nitrogen and oxygen atoms in total. The molecule has 74 valence electrons. The van der Waals surface area contributed by atoms with E-state index in [1.165, 1.54) is 4.90 Å². The Morgan fingerprint density at radius 1 is 1.46 bits per heavy atom. The van der Waals surface area contributed by atoms with Gasteiger partial charge in [0.1, 0.15) is 0 Å². The van der Waals surface area contributed by atoms with Crippen molar-refractivity contribution in [2.45, 2.75) is 32.7 Å². The van der Waals surface area contributed by atoms with Gasteiger partial charge in [0.15, 0.2) is 0 Å². The van der Waals surface area contributed by atoms with E-state index in [0.29, 0.717) is 13.0 Å². The minimum Gasteiger partial charge on any atom is -0.548 e. The van der Waals surface area contributed by atoms with E-state index in [2.05, 4.69) is 0 Å². The molecule has 0 bridgehead atoms. The van der Waals surface area contributed by atoms with Gasteiger partial charge in [0.25, 0.3) is 0 Å². The molecule has 0 aromatic heterocycles. The van der Waals surface area contributed by atoms with Gasteiger partial charge in [0.2, 0.25) is 5.91 Å². The lowest BCUT2D eigenvalue weighted by molar-refractivity contribution is -0.310. The van der Waals surface area contributed by atoms with Crippen LogP contribution in [0.5, 0.6) is 0 Å². The van der Waals surface area contributed by atoms with Gasteiger partial charge in [0.05, 0.1) is 12.0 Å². The molecule has 1 saturated heterocycles. The molecule has 0 spiro atoms. The van der Waals surface area contributed by atoms with Crippen molar-refractivity contribution in [3.05, 3.63) is 0 Å². The molecule has 1 aliphatic heterocycles. The molecule has 0 saturated carbocycles. The molecule has 1 amide bonds. The summed E-state index contributed by atoms with van der Waals surface area (Å²) < 4.78 is 0. The van der Waals surface area contributed by atoms with Gasteiger partial charge in [-0.1, -0.05) is 13.8 Å². The van der Waals surface area contributed by atoms with Crippen LogP contribution in [0.3, 0.4) is 0 Å². The van der Waals surface area contributed by atoms with E-state index in [1.807, 2.05) is 0 Å². The van der Waals surface area contributed by atoms with Crippen molar-refractivity contribution in [3.8, 4) is 0 Å². The molecule has 1 unspecified atom stereocenters. The minimum atomic E-state index is -1.13. The zero-order chi connectivity index (χ0) is 10.0. The van der Waals surface area contributed by atoms with E-state index in [4.69, 9.17) is 0 Å². The van der Waals surface area contributed by atoms with Crippen molar-refractivity contribution < 1.29 is 14.7 Å². The zero-order valence-corrected chi connectivity index (χ0v) is 7.95. The van der Waals surface area contributed by atoms with Crippen LogP contribution in [-0.4, -0.2) is 29.4 Å². The number of carbonyl (C=O) groups excluding carboxylic acids is 2. The highest BCUT2D eigenvalue weighted by Crippen LogP contribution is 2.18. The highest BCUT2D eigenvalue weighted by molar-refractivity contribution is 5.84. The maximum Gasteiger partial charge on any atom is 0.225 e. The van der Waals surface area contributed by atoms with Crippen LogP contribution in [0.4, 0.5) is 0 Å². The lowest BCUT2D eigenvalue weighted by Crippen LogP contribution is -2.48. The summed E-state index contributed by atoms with van der Waals surface area (Å²) in [5.41, 5.74) is 0. The molecule has 0 aromatic carbocycles. The van der Waals surface area contributed by atoms with Crippen molar-refractivity contribution in [2.24, 2.45) is 5.92 Å². The number of nitrogens with zero attached hydrogens (tertiary/aromatic N) is 1. The van der Waals surface area contributed by atoms with Crippen molar-refractivity contribution >= 4 is 11.9 Å². The predicted octanol–water partition coefficient (Wildman–Crippen LogP) is -0.617. The standard InChI is InChI=1S/C9H15NO3/c1-6(2)8(11)10-5-3-4-7(10)9(12)13/h6-7H,3-5H2,1-2H3,(H,12,13)/p-1. The monoisotopic (exact) mass is 184 g/mol. The quantitative estimate of drug-likeness (QED) is 0.575. The largest absolute Gasteiger partial charge is 0.548 e. The highest BCUT2D eigenvalue weighted by Gasteiger charge is 2.30. The normalized spacial score (nSPS) is 22.4. The van der Waals surface area contributed by atoms with Crippen LogP contribution in [0.2, 0.25) is 0 Å². The Morgan fingerprint density at radius 2 is 2.08 bits per heavy atom. The fourth-order valence-corrected chi connectivity index (χ4v) is 1.61. The highest BCUT2D eigenvalue weighted by atomic mass is 16.4. The average Bonchev–Trinajstić information content (AvgIpc) is 2.50. The van der Waals surface area contributed by atoms with E-state index in [9.17, 15) is 14.7 Å². The van der Waals surface area contributed by atoms with Crippen LogP contribution in [0.25, 0.3) is 0 Å². The number of aliphatic carboxylic acids is 1. The molecule has 1 rings (SSSR count). The third-order valence-corrected chi connectivity index (χ3v) is 2.30. The molecular formula is C9H14NO3-. The van der Waals surface area contributed by atoms with E-state index in [0.717, 1.165) is 6.42 Å². The summed E-state index contributed by atoms with van der Waals surface area (Å²) >= 11 is 0. The van der Waals surface area contributed by atoms with Gasteiger partial charge in [-0.2, -0.15) is 0 Å². The maximum absolute atomic E-state index is 11.5. The third-order valence-electron chi connectivity index (χ3n) is 2.30. The molecular weight excluding hydrogens is 170 g/mol. The van der Waals surface area contributed by atoms with Gasteiger partial charge >= 0.3 is 0 Å². The molecule has 1 heterocycles. The third kappa shape index (κ3) is 1.99. The van der Waals surface area contributed by atoms with E-state index in [-0.39, 0.29) is 11.8 Å². The molecule has 13 heavy (non-hydrogen) atoms. The Kier molecular flexibility index (Phi) is 2.90. The zero-order valence-electron chi connectivity index (χ0n) is 7.95. The summed E-state index contributed by atoms with van der Waals surface area (Å²) in [7, 11) is 0. The first-order valence-corrected chi connectivity index (χ1v) is 4.55. The molecule has 1 aliphatic rings. The molecule has 1 fully saturated rings. The van der Waals surface area contributed by atoms with Crippen LogP contribution in [0.1, 0.15) is 26.7 Å². The van der Waals surface area contributed by atoms with Crippen LogP contribution in [0.15, 0.2) is 0 Å². The Bertz CT molecular complexity index is 225. The van der Waals surface area contributed by atoms with E-state index < -0.39 is 12.0 Å². The van der Waals surface area contributed by atoms with Gasteiger partial charge in [-0.25, -0.2) is 0 Å². The number of likely N-dealkylation sites (tertiary alicyclic amines) is 1. The Morgan fingerprint density at radius 3 is 2.54 bits per heavy atom. The van der Waals surface area contributed by atoms with E-state index >= 15 is 0 Å².